The van der Waals surface area contributed by atoms with Crippen molar-refractivity contribution in [2.75, 3.05) is 19.5 Å². The number of carbonyl (C=O) groups excluding carboxylic acids is 1. The van der Waals surface area contributed by atoms with E-state index in [0.717, 1.165) is 12.8 Å². The Morgan fingerprint density at radius 3 is 2.43 bits per heavy atom. The van der Waals surface area contributed by atoms with E-state index in [9.17, 15) is 4.79 Å². The summed E-state index contributed by atoms with van der Waals surface area (Å²) >= 11 is 6.07. The topological polar surface area (TPSA) is 47.6 Å². The van der Waals surface area contributed by atoms with E-state index in [1.807, 2.05) is 6.92 Å². The Morgan fingerprint density at radius 1 is 1.24 bits per heavy atom. The smallest absolute Gasteiger partial charge is 0.227 e. The Balaban J connectivity index is 2.15. The molecule has 1 fully saturated rings. The fraction of sp³-hybridized carbons (Fsp3) is 0.562. The van der Waals surface area contributed by atoms with Crippen LogP contribution in [0.25, 0.3) is 0 Å². The molecule has 1 aromatic rings. The van der Waals surface area contributed by atoms with Crippen LogP contribution in [0.15, 0.2) is 12.1 Å². The zero-order valence-electron chi connectivity index (χ0n) is 12.7. The minimum Gasteiger partial charge on any atom is -0.495 e. The molecule has 5 heteroatoms. The van der Waals surface area contributed by atoms with Gasteiger partial charge in [0.2, 0.25) is 5.91 Å². The molecule has 4 nitrogen and oxygen atoms in total. The maximum absolute atomic E-state index is 12.4. The molecule has 2 rings (SSSR count). The number of nitrogens with one attached hydrogen (secondary N) is 1. The largest absolute Gasteiger partial charge is 0.495 e. The summed E-state index contributed by atoms with van der Waals surface area (Å²) in [5.74, 6) is 1.54. The minimum atomic E-state index is -0.00104. The highest BCUT2D eigenvalue weighted by atomic mass is 35.5. The number of anilines is 1. The van der Waals surface area contributed by atoms with Crippen LogP contribution in [0.4, 0.5) is 5.69 Å². The third-order valence-corrected chi connectivity index (χ3v) is 4.55. The van der Waals surface area contributed by atoms with Crippen molar-refractivity contribution in [1.29, 1.82) is 0 Å². The van der Waals surface area contributed by atoms with Crippen LogP contribution < -0.4 is 14.8 Å². The molecule has 21 heavy (non-hydrogen) atoms. The number of ether oxygens (including phenoxy) is 2. The van der Waals surface area contributed by atoms with Crippen LogP contribution in [0.3, 0.4) is 0 Å². The second-order valence-electron chi connectivity index (χ2n) is 5.51. The fourth-order valence-electron chi connectivity index (χ4n) is 2.88. The van der Waals surface area contributed by atoms with E-state index in [0.29, 0.717) is 28.1 Å². The Bertz CT molecular complexity index is 512. The van der Waals surface area contributed by atoms with Crippen LogP contribution in [0.1, 0.15) is 32.6 Å². The van der Waals surface area contributed by atoms with Crippen LogP contribution in [-0.4, -0.2) is 20.1 Å². The lowest BCUT2D eigenvalue weighted by molar-refractivity contribution is -0.120. The molecule has 1 aromatic carbocycles. The van der Waals surface area contributed by atoms with Crippen molar-refractivity contribution >= 4 is 23.2 Å². The van der Waals surface area contributed by atoms with Crippen molar-refractivity contribution in [2.24, 2.45) is 11.8 Å². The van der Waals surface area contributed by atoms with E-state index in [1.54, 1.807) is 26.4 Å². The third-order valence-electron chi connectivity index (χ3n) is 4.25. The van der Waals surface area contributed by atoms with Crippen LogP contribution in [-0.2, 0) is 4.79 Å². The highest BCUT2D eigenvalue weighted by Gasteiger charge is 2.27. The van der Waals surface area contributed by atoms with Crippen LogP contribution in [0.2, 0.25) is 5.02 Å². The molecule has 1 amide bonds. The van der Waals surface area contributed by atoms with Gasteiger partial charge in [0.15, 0.2) is 0 Å². The molecule has 0 radical (unpaired) electrons. The van der Waals surface area contributed by atoms with E-state index in [2.05, 4.69) is 5.32 Å². The zero-order chi connectivity index (χ0) is 15.4. The SMILES string of the molecule is COc1cc(NC(=O)C(C)C2CCCC2)c(OC)cc1Cl. The number of halogens is 1. The minimum absolute atomic E-state index is 0.00104. The quantitative estimate of drug-likeness (QED) is 0.889. The van der Waals surface area contributed by atoms with E-state index < -0.39 is 0 Å². The first-order valence-electron chi connectivity index (χ1n) is 7.29. The highest BCUT2D eigenvalue weighted by Crippen LogP contribution is 2.37. The maximum Gasteiger partial charge on any atom is 0.227 e. The molecule has 1 saturated carbocycles. The summed E-state index contributed by atoms with van der Waals surface area (Å²) in [7, 11) is 3.09. The molecule has 0 aromatic heterocycles. The second kappa shape index (κ2) is 7.03. The summed E-state index contributed by atoms with van der Waals surface area (Å²) in [4.78, 5) is 12.4. The summed E-state index contributed by atoms with van der Waals surface area (Å²) in [6.07, 6.45) is 4.71. The lowest BCUT2D eigenvalue weighted by atomic mass is 9.92. The summed E-state index contributed by atoms with van der Waals surface area (Å²) < 4.78 is 10.5. The van der Waals surface area contributed by atoms with E-state index >= 15 is 0 Å². The molecule has 0 bridgehead atoms. The summed E-state index contributed by atoms with van der Waals surface area (Å²) in [6.45, 7) is 1.99. The number of rotatable bonds is 5. The van der Waals surface area contributed by atoms with Gasteiger partial charge in [0.1, 0.15) is 11.5 Å². The molecule has 1 aliphatic rings. The first kappa shape index (κ1) is 16.0. The average molecular weight is 312 g/mol. The molecule has 1 unspecified atom stereocenters. The van der Waals surface area contributed by atoms with Gasteiger partial charge in [0.05, 0.1) is 24.9 Å². The second-order valence-corrected chi connectivity index (χ2v) is 5.92. The number of hydrogen-bond acceptors (Lipinski definition) is 3. The van der Waals surface area contributed by atoms with Crippen molar-refractivity contribution in [3.8, 4) is 11.5 Å². The maximum atomic E-state index is 12.4. The lowest BCUT2D eigenvalue weighted by Gasteiger charge is -2.19. The predicted octanol–water partition coefficient (Wildman–Crippen LogP) is 4.12. The Kier molecular flexibility index (Phi) is 5.34. The highest BCUT2D eigenvalue weighted by molar-refractivity contribution is 6.32. The van der Waals surface area contributed by atoms with Crippen molar-refractivity contribution in [3.05, 3.63) is 17.2 Å². The van der Waals surface area contributed by atoms with Gasteiger partial charge in [-0.2, -0.15) is 0 Å². The van der Waals surface area contributed by atoms with Gasteiger partial charge < -0.3 is 14.8 Å². The van der Waals surface area contributed by atoms with Gasteiger partial charge in [-0.15, -0.1) is 0 Å². The zero-order valence-corrected chi connectivity index (χ0v) is 13.5. The van der Waals surface area contributed by atoms with E-state index in [4.69, 9.17) is 21.1 Å². The summed E-state index contributed by atoms with van der Waals surface area (Å²) in [6, 6.07) is 3.34. The summed E-state index contributed by atoms with van der Waals surface area (Å²) in [5, 5.41) is 3.39. The molecular formula is C16H22ClNO3. The third kappa shape index (κ3) is 3.62. The molecule has 0 spiro atoms. The Hall–Kier alpha value is -1.42. The van der Waals surface area contributed by atoms with Crippen molar-refractivity contribution in [3.63, 3.8) is 0 Å². The predicted molar refractivity (Wildman–Crippen MR) is 84.3 cm³/mol. The van der Waals surface area contributed by atoms with Crippen molar-refractivity contribution in [2.45, 2.75) is 32.6 Å². The van der Waals surface area contributed by atoms with Gasteiger partial charge in [-0.05, 0) is 18.8 Å². The van der Waals surface area contributed by atoms with Crippen LogP contribution >= 0.6 is 11.6 Å². The Morgan fingerprint density at radius 2 is 1.86 bits per heavy atom. The van der Waals surface area contributed by atoms with E-state index in [1.165, 1.54) is 12.8 Å². The van der Waals surface area contributed by atoms with Crippen molar-refractivity contribution < 1.29 is 14.3 Å². The number of benzene rings is 1. The van der Waals surface area contributed by atoms with Gasteiger partial charge in [-0.25, -0.2) is 0 Å². The number of hydrogen-bond donors (Lipinski definition) is 1. The molecule has 0 heterocycles. The fourth-order valence-corrected chi connectivity index (χ4v) is 3.11. The molecular weight excluding hydrogens is 290 g/mol. The molecule has 1 N–H and O–H groups in total. The first-order chi connectivity index (χ1) is 10.1. The lowest BCUT2D eigenvalue weighted by Crippen LogP contribution is -2.26. The van der Waals surface area contributed by atoms with Crippen LogP contribution in [0.5, 0.6) is 11.5 Å². The molecule has 1 aliphatic carbocycles. The first-order valence-corrected chi connectivity index (χ1v) is 7.67. The number of amides is 1. The van der Waals surface area contributed by atoms with Gasteiger partial charge in [-0.1, -0.05) is 31.4 Å². The molecule has 0 saturated heterocycles. The van der Waals surface area contributed by atoms with Gasteiger partial charge in [-0.3, -0.25) is 4.79 Å². The number of methoxy groups -OCH3 is 2. The standard InChI is InChI=1S/C16H22ClNO3/c1-10(11-6-4-5-7-11)16(19)18-13-9-14(20-2)12(17)8-15(13)21-3/h8-11H,4-7H2,1-3H3,(H,18,19). The van der Waals surface area contributed by atoms with Gasteiger partial charge in [0, 0.05) is 18.1 Å². The summed E-state index contributed by atoms with van der Waals surface area (Å²) in [5.41, 5.74) is 0.591. The average Bonchev–Trinajstić information content (AvgIpc) is 3.01. The molecule has 116 valence electrons. The van der Waals surface area contributed by atoms with Crippen molar-refractivity contribution in [1.82, 2.24) is 0 Å². The normalized spacial score (nSPS) is 16.6. The van der Waals surface area contributed by atoms with Crippen LogP contribution in [0, 0.1) is 11.8 Å². The monoisotopic (exact) mass is 311 g/mol. The van der Waals surface area contributed by atoms with E-state index in [-0.39, 0.29) is 11.8 Å². The number of carbonyl (C=O) groups is 1. The van der Waals surface area contributed by atoms with Gasteiger partial charge in [0.25, 0.3) is 0 Å². The Labute approximate surface area is 130 Å². The molecule has 1 atom stereocenters. The van der Waals surface area contributed by atoms with Gasteiger partial charge >= 0.3 is 0 Å². The molecule has 0 aliphatic heterocycles.